The Bertz CT molecular complexity index is 352. The smallest absolute Gasteiger partial charge is 0.134 e. The van der Waals surface area contributed by atoms with Crippen LogP contribution < -0.4 is 5.32 Å². The standard InChI is InChI=1S/C12H17BrN2S2/c1-15(2)7-8-17-12(16)14-9-10-3-5-11(13)6-4-10/h3-6H,7-9H2,1-2H3,(H,14,16). The highest BCUT2D eigenvalue weighted by atomic mass is 79.9. The van der Waals surface area contributed by atoms with E-state index in [9.17, 15) is 0 Å². The van der Waals surface area contributed by atoms with E-state index < -0.39 is 0 Å². The van der Waals surface area contributed by atoms with Crippen molar-refractivity contribution in [3.05, 3.63) is 34.3 Å². The molecule has 0 aliphatic heterocycles. The molecule has 1 aromatic rings. The second kappa shape index (κ2) is 8.08. The fourth-order valence-corrected chi connectivity index (χ4v) is 2.55. The first-order valence-electron chi connectivity index (χ1n) is 5.38. The first-order valence-corrected chi connectivity index (χ1v) is 7.56. The second-order valence-electron chi connectivity index (χ2n) is 3.92. The average molecular weight is 333 g/mol. The van der Waals surface area contributed by atoms with Crippen LogP contribution in [0.4, 0.5) is 0 Å². The molecule has 1 rings (SSSR count). The molecular weight excluding hydrogens is 316 g/mol. The highest BCUT2D eigenvalue weighted by Crippen LogP contribution is 2.11. The number of hydrogen-bond acceptors (Lipinski definition) is 3. The average Bonchev–Trinajstić information content (AvgIpc) is 2.28. The molecule has 0 aliphatic carbocycles. The fraction of sp³-hybridized carbons (Fsp3) is 0.417. The van der Waals surface area contributed by atoms with E-state index in [0.717, 1.165) is 27.6 Å². The summed E-state index contributed by atoms with van der Waals surface area (Å²) in [4.78, 5) is 2.16. The molecule has 94 valence electrons. The summed E-state index contributed by atoms with van der Waals surface area (Å²) in [6.45, 7) is 1.84. The lowest BCUT2D eigenvalue weighted by Crippen LogP contribution is -2.21. The van der Waals surface area contributed by atoms with Crippen LogP contribution in [0.5, 0.6) is 0 Å². The lowest BCUT2D eigenvalue weighted by atomic mass is 10.2. The third kappa shape index (κ3) is 7.03. The van der Waals surface area contributed by atoms with E-state index in [2.05, 4.69) is 52.4 Å². The molecule has 0 heterocycles. The molecule has 0 aromatic heterocycles. The normalized spacial score (nSPS) is 10.6. The molecule has 5 heteroatoms. The number of benzene rings is 1. The summed E-state index contributed by atoms with van der Waals surface area (Å²) in [5, 5.41) is 3.25. The highest BCUT2D eigenvalue weighted by molar-refractivity contribution is 9.10. The van der Waals surface area contributed by atoms with E-state index in [-0.39, 0.29) is 0 Å². The van der Waals surface area contributed by atoms with Gasteiger partial charge in [-0.15, -0.1) is 0 Å². The zero-order valence-electron chi connectivity index (χ0n) is 10.1. The van der Waals surface area contributed by atoms with Crippen molar-refractivity contribution in [1.82, 2.24) is 10.2 Å². The van der Waals surface area contributed by atoms with Crippen molar-refractivity contribution >= 4 is 44.2 Å². The van der Waals surface area contributed by atoms with Crippen LogP contribution in [-0.4, -0.2) is 35.6 Å². The Balaban J connectivity index is 2.21. The fourth-order valence-electron chi connectivity index (χ4n) is 1.15. The van der Waals surface area contributed by atoms with Crippen LogP contribution in [0.2, 0.25) is 0 Å². The molecule has 0 saturated heterocycles. The van der Waals surface area contributed by atoms with Gasteiger partial charge in [0, 0.05) is 23.3 Å². The quantitative estimate of drug-likeness (QED) is 0.833. The van der Waals surface area contributed by atoms with Crippen LogP contribution in [0.15, 0.2) is 28.7 Å². The number of nitrogens with one attached hydrogen (secondary N) is 1. The van der Waals surface area contributed by atoms with Crippen molar-refractivity contribution in [3.8, 4) is 0 Å². The van der Waals surface area contributed by atoms with E-state index in [0.29, 0.717) is 0 Å². The Morgan fingerprint density at radius 2 is 2.00 bits per heavy atom. The van der Waals surface area contributed by atoms with Gasteiger partial charge >= 0.3 is 0 Å². The first kappa shape index (κ1) is 15.0. The van der Waals surface area contributed by atoms with E-state index in [1.54, 1.807) is 11.8 Å². The minimum absolute atomic E-state index is 0.793. The molecule has 17 heavy (non-hydrogen) atoms. The lowest BCUT2D eigenvalue weighted by Gasteiger charge is -2.10. The van der Waals surface area contributed by atoms with Gasteiger partial charge in [0.1, 0.15) is 4.32 Å². The van der Waals surface area contributed by atoms with Gasteiger partial charge in [0.2, 0.25) is 0 Å². The van der Waals surface area contributed by atoms with Crippen LogP contribution >= 0.6 is 39.9 Å². The largest absolute Gasteiger partial charge is 0.367 e. The maximum atomic E-state index is 5.26. The van der Waals surface area contributed by atoms with Crippen molar-refractivity contribution in [1.29, 1.82) is 0 Å². The van der Waals surface area contributed by atoms with Gasteiger partial charge in [-0.3, -0.25) is 0 Å². The predicted molar refractivity (Wildman–Crippen MR) is 84.6 cm³/mol. The number of thioether (sulfide) groups is 1. The molecule has 0 fully saturated rings. The first-order chi connectivity index (χ1) is 8.08. The third-order valence-electron chi connectivity index (χ3n) is 2.12. The molecule has 0 saturated carbocycles. The Kier molecular flexibility index (Phi) is 7.11. The Labute approximate surface area is 121 Å². The SMILES string of the molecule is CN(C)CCSC(=S)NCc1ccc(Br)cc1. The number of nitrogens with zero attached hydrogens (tertiary/aromatic N) is 1. The second-order valence-corrected chi connectivity index (χ2v) is 6.61. The van der Waals surface area contributed by atoms with Gasteiger partial charge in [-0.25, -0.2) is 0 Å². The van der Waals surface area contributed by atoms with Crippen LogP contribution in [0.3, 0.4) is 0 Å². The van der Waals surface area contributed by atoms with Crippen LogP contribution in [0.1, 0.15) is 5.56 Å². The predicted octanol–water partition coefficient (Wildman–Crippen LogP) is 3.12. The molecule has 0 bridgehead atoms. The zero-order valence-corrected chi connectivity index (χ0v) is 13.3. The Hall–Kier alpha value is -0.100. The van der Waals surface area contributed by atoms with Gasteiger partial charge in [-0.2, -0.15) is 0 Å². The van der Waals surface area contributed by atoms with Crippen LogP contribution in [0.25, 0.3) is 0 Å². The van der Waals surface area contributed by atoms with Crippen molar-refractivity contribution in [2.75, 3.05) is 26.4 Å². The van der Waals surface area contributed by atoms with Gasteiger partial charge in [0.25, 0.3) is 0 Å². The molecule has 0 radical (unpaired) electrons. The van der Waals surface area contributed by atoms with Gasteiger partial charge in [-0.1, -0.05) is 52.0 Å². The summed E-state index contributed by atoms with van der Waals surface area (Å²) < 4.78 is 1.97. The molecule has 0 unspecified atom stereocenters. The van der Waals surface area contributed by atoms with E-state index in [1.165, 1.54) is 5.56 Å². The summed E-state index contributed by atoms with van der Waals surface area (Å²) in [6, 6.07) is 8.26. The van der Waals surface area contributed by atoms with Crippen LogP contribution in [0, 0.1) is 0 Å². The molecular formula is C12H17BrN2S2. The molecule has 1 N–H and O–H groups in total. The maximum Gasteiger partial charge on any atom is 0.134 e. The van der Waals surface area contributed by atoms with Crippen molar-refractivity contribution in [2.45, 2.75) is 6.54 Å². The molecule has 0 spiro atoms. The van der Waals surface area contributed by atoms with Crippen molar-refractivity contribution in [3.63, 3.8) is 0 Å². The monoisotopic (exact) mass is 332 g/mol. The summed E-state index contributed by atoms with van der Waals surface area (Å²) in [5.74, 6) is 1.03. The maximum absolute atomic E-state index is 5.26. The minimum Gasteiger partial charge on any atom is -0.367 e. The third-order valence-corrected chi connectivity index (χ3v) is 3.94. The number of halogens is 1. The summed E-state index contributed by atoms with van der Waals surface area (Å²) in [5.41, 5.74) is 1.24. The van der Waals surface area contributed by atoms with Gasteiger partial charge < -0.3 is 10.2 Å². The van der Waals surface area contributed by atoms with Gasteiger partial charge in [0.05, 0.1) is 0 Å². The van der Waals surface area contributed by atoms with Crippen LogP contribution in [-0.2, 0) is 6.54 Å². The molecule has 1 aromatic carbocycles. The number of thiocarbonyl (C=S) groups is 1. The topological polar surface area (TPSA) is 15.3 Å². The lowest BCUT2D eigenvalue weighted by molar-refractivity contribution is 0.437. The van der Waals surface area contributed by atoms with Gasteiger partial charge in [-0.05, 0) is 31.8 Å². The molecule has 0 aliphatic rings. The molecule has 0 amide bonds. The Morgan fingerprint density at radius 3 is 2.59 bits per heavy atom. The highest BCUT2D eigenvalue weighted by Gasteiger charge is 1.99. The molecule has 0 atom stereocenters. The molecule has 2 nitrogen and oxygen atoms in total. The van der Waals surface area contributed by atoms with E-state index >= 15 is 0 Å². The van der Waals surface area contributed by atoms with E-state index in [4.69, 9.17) is 12.2 Å². The summed E-state index contributed by atoms with van der Waals surface area (Å²) in [7, 11) is 4.14. The Morgan fingerprint density at radius 1 is 1.35 bits per heavy atom. The zero-order chi connectivity index (χ0) is 12.7. The number of hydrogen-bond donors (Lipinski definition) is 1. The summed E-state index contributed by atoms with van der Waals surface area (Å²) in [6.07, 6.45) is 0. The minimum atomic E-state index is 0.793. The van der Waals surface area contributed by atoms with Crippen molar-refractivity contribution in [2.24, 2.45) is 0 Å². The van der Waals surface area contributed by atoms with E-state index in [1.807, 2.05) is 12.1 Å². The van der Waals surface area contributed by atoms with Gasteiger partial charge in [0.15, 0.2) is 0 Å². The summed E-state index contributed by atoms with van der Waals surface area (Å²) >= 11 is 10.4. The number of rotatable bonds is 5. The van der Waals surface area contributed by atoms with Crippen molar-refractivity contribution < 1.29 is 0 Å².